The van der Waals surface area contributed by atoms with Crippen LogP contribution in [0.2, 0.25) is 0 Å². The average Bonchev–Trinajstić information content (AvgIpc) is 3.34. The molecular formula is C21H28N8O2. The first-order valence-corrected chi connectivity index (χ1v) is 10.6. The molecule has 0 amide bonds. The molecule has 4 N–H and O–H groups in total. The van der Waals surface area contributed by atoms with E-state index in [1.165, 1.54) is 0 Å². The molecule has 3 aromatic rings. The van der Waals surface area contributed by atoms with Crippen LogP contribution in [0.5, 0.6) is 0 Å². The van der Waals surface area contributed by atoms with E-state index in [0.29, 0.717) is 35.1 Å². The van der Waals surface area contributed by atoms with Crippen molar-refractivity contribution in [2.75, 3.05) is 37.0 Å². The molecule has 164 valence electrons. The summed E-state index contributed by atoms with van der Waals surface area (Å²) < 4.78 is 7.44. The Labute approximate surface area is 179 Å². The third-order valence-corrected chi connectivity index (χ3v) is 6.96. The van der Waals surface area contributed by atoms with Gasteiger partial charge in [0, 0.05) is 50.4 Å². The lowest BCUT2D eigenvalue weighted by Gasteiger charge is -2.41. The Morgan fingerprint density at radius 2 is 2.13 bits per heavy atom. The summed E-state index contributed by atoms with van der Waals surface area (Å²) in [4.78, 5) is 24.4. The quantitative estimate of drug-likeness (QED) is 0.570. The molecule has 5 rings (SSSR count). The smallest absolute Gasteiger partial charge is 0.266 e. The molecule has 2 atom stereocenters. The molecule has 10 nitrogen and oxygen atoms in total. The van der Waals surface area contributed by atoms with E-state index >= 15 is 0 Å². The second-order valence-corrected chi connectivity index (χ2v) is 8.64. The monoisotopic (exact) mass is 424 g/mol. The number of nitrogens with zero attached hydrogens (tertiary/aromatic N) is 5. The summed E-state index contributed by atoms with van der Waals surface area (Å²) in [6, 6.07) is 3.77. The molecule has 0 radical (unpaired) electrons. The van der Waals surface area contributed by atoms with Gasteiger partial charge in [-0.05, 0) is 31.9 Å². The van der Waals surface area contributed by atoms with Crippen molar-refractivity contribution >= 4 is 22.8 Å². The zero-order valence-corrected chi connectivity index (χ0v) is 18.1. The first kappa shape index (κ1) is 20.0. The topological polar surface area (TPSA) is 127 Å². The number of H-pyrrole nitrogens is 1. The molecular weight excluding hydrogens is 396 g/mol. The minimum atomic E-state index is -0.124. The number of nitrogens with one attached hydrogen (secondary N) is 2. The number of aromatic nitrogens is 5. The minimum Gasteiger partial charge on any atom is -0.376 e. The Kier molecular flexibility index (Phi) is 4.71. The average molecular weight is 425 g/mol. The molecule has 0 unspecified atom stereocenters. The highest BCUT2D eigenvalue weighted by Gasteiger charge is 2.47. The summed E-state index contributed by atoms with van der Waals surface area (Å²) in [6.07, 6.45) is 3.62. The van der Waals surface area contributed by atoms with Gasteiger partial charge in [-0.25, -0.2) is 4.98 Å². The Morgan fingerprint density at radius 1 is 1.35 bits per heavy atom. The summed E-state index contributed by atoms with van der Waals surface area (Å²) in [5.41, 5.74) is 8.24. The first-order valence-electron chi connectivity index (χ1n) is 10.6. The van der Waals surface area contributed by atoms with Crippen LogP contribution < -0.4 is 21.5 Å². The van der Waals surface area contributed by atoms with Gasteiger partial charge < -0.3 is 20.7 Å². The number of hydrogen-bond donors (Lipinski definition) is 3. The summed E-state index contributed by atoms with van der Waals surface area (Å²) in [7, 11) is 3.57. The highest BCUT2D eigenvalue weighted by molar-refractivity contribution is 5.91. The molecule has 1 spiro atoms. The van der Waals surface area contributed by atoms with Crippen molar-refractivity contribution in [3.63, 3.8) is 0 Å². The number of hydrogen-bond acceptors (Lipinski definition) is 8. The lowest BCUT2D eigenvalue weighted by Crippen LogP contribution is -2.51. The van der Waals surface area contributed by atoms with Crippen LogP contribution in [-0.4, -0.2) is 63.6 Å². The highest BCUT2D eigenvalue weighted by Crippen LogP contribution is 2.41. The Bertz CT molecular complexity index is 1180. The van der Waals surface area contributed by atoms with Crippen LogP contribution in [0.15, 0.2) is 23.1 Å². The standard InChI is InChI=1S/C21H28N8O2/c1-12-17(22)21(11-31-12)5-8-29(9-6-21)20-25-18-15(19(30)28(20)3)16(26-27-18)13-4-7-24-14(10-13)23-2/h4,7,10,12,17H,5-6,8-9,11,22H2,1-3H3,(H,23,24)(H,26,27)/t12-,17+/m0/s1. The highest BCUT2D eigenvalue weighted by atomic mass is 16.5. The third-order valence-electron chi connectivity index (χ3n) is 6.96. The second kappa shape index (κ2) is 7.31. The number of rotatable bonds is 3. The number of nitrogens with two attached hydrogens (primary N) is 1. The van der Waals surface area contributed by atoms with E-state index in [1.54, 1.807) is 24.9 Å². The van der Waals surface area contributed by atoms with E-state index in [1.807, 2.05) is 19.1 Å². The molecule has 0 aliphatic carbocycles. The van der Waals surface area contributed by atoms with E-state index in [9.17, 15) is 4.79 Å². The molecule has 2 saturated heterocycles. The van der Waals surface area contributed by atoms with Crippen LogP contribution in [0.25, 0.3) is 22.3 Å². The van der Waals surface area contributed by atoms with Crippen LogP contribution >= 0.6 is 0 Å². The maximum atomic E-state index is 13.3. The molecule has 10 heteroatoms. The Hall–Kier alpha value is -2.98. The summed E-state index contributed by atoms with van der Waals surface area (Å²) in [5.74, 6) is 1.35. The lowest BCUT2D eigenvalue weighted by atomic mass is 9.73. The van der Waals surface area contributed by atoms with Crippen LogP contribution in [0.3, 0.4) is 0 Å². The van der Waals surface area contributed by atoms with Gasteiger partial charge in [0.2, 0.25) is 5.95 Å². The normalized spacial score (nSPS) is 23.0. The zero-order valence-electron chi connectivity index (χ0n) is 18.1. The number of ether oxygens (including phenoxy) is 1. The zero-order chi connectivity index (χ0) is 21.8. The van der Waals surface area contributed by atoms with Crippen LogP contribution in [0.4, 0.5) is 11.8 Å². The molecule has 0 saturated carbocycles. The van der Waals surface area contributed by atoms with Gasteiger partial charge in [-0.1, -0.05) is 0 Å². The fourth-order valence-corrected chi connectivity index (χ4v) is 4.88. The van der Waals surface area contributed by atoms with Crippen LogP contribution in [-0.2, 0) is 11.8 Å². The molecule has 0 bridgehead atoms. The second-order valence-electron chi connectivity index (χ2n) is 8.64. The largest absolute Gasteiger partial charge is 0.376 e. The van der Waals surface area contributed by atoms with Gasteiger partial charge >= 0.3 is 0 Å². The molecule has 31 heavy (non-hydrogen) atoms. The molecule has 3 aromatic heterocycles. The van der Waals surface area contributed by atoms with Crippen molar-refractivity contribution in [2.45, 2.75) is 31.9 Å². The van der Waals surface area contributed by atoms with Crippen LogP contribution in [0, 0.1) is 5.41 Å². The van der Waals surface area contributed by atoms with E-state index in [4.69, 9.17) is 15.5 Å². The van der Waals surface area contributed by atoms with Crippen molar-refractivity contribution in [1.29, 1.82) is 0 Å². The first-order chi connectivity index (χ1) is 14.9. The summed E-state index contributed by atoms with van der Waals surface area (Å²) >= 11 is 0. The lowest BCUT2D eigenvalue weighted by molar-refractivity contribution is 0.0973. The van der Waals surface area contributed by atoms with Crippen molar-refractivity contribution in [3.05, 3.63) is 28.7 Å². The molecule has 0 aromatic carbocycles. The third kappa shape index (κ3) is 3.09. The maximum absolute atomic E-state index is 13.3. The minimum absolute atomic E-state index is 0.0186. The summed E-state index contributed by atoms with van der Waals surface area (Å²) in [6.45, 7) is 4.31. The fourth-order valence-electron chi connectivity index (χ4n) is 4.88. The van der Waals surface area contributed by atoms with Crippen molar-refractivity contribution in [2.24, 2.45) is 18.2 Å². The fraction of sp³-hybridized carbons (Fsp3) is 0.524. The number of piperidine rings is 1. The number of aromatic amines is 1. The molecule has 5 heterocycles. The number of fused-ring (bicyclic) bond motifs is 1. The van der Waals surface area contributed by atoms with Gasteiger partial charge in [-0.2, -0.15) is 10.1 Å². The van der Waals surface area contributed by atoms with Gasteiger partial charge in [-0.15, -0.1) is 0 Å². The van der Waals surface area contributed by atoms with Crippen molar-refractivity contribution in [3.8, 4) is 11.3 Å². The summed E-state index contributed by atoms with van der Waals surface area (Å²) in [5, 5.41) is 10.8. The predicted molar refractivity (Wildman–Crippen MR) is 119 cm³/mol. The SMILES string of the molecule is CNc1cc(-c2[nH]nc3nc(N4CCC5(CC4)CO[C@@H](C)[C@H]5N)n(C)c(=O)c23)ccn1. The predicted octanol–water partition coefficient (Wildman–Crippen LogP) is 1.09. The Morgan fingerprint density at radius 3 is 2.81 bits per heavy atom. The maximum Gasteiger partial charge on any atom is 0.266 e. The van der Waals surface area contributed by atoms with Crippen molar-refractivity contribution in [1.82, 2.24) is 24.7 Å². The van der Waals surface area contributed by atoms with Crippen molar-refractivity contribution < 1.29 is 4.74 Å². The van der Waals surface area contributed by atoms with Gasteiger partial charge in [-0.3, -0.25) is 14.5 Å². The molecule has 2 aliphatic rings. The van der Waals surface area contributed by atoms with E-state index in [0.717, 1.165) is 31.5 Å². The Balaban J connectivity index is 1.48. The van der Waals surface area contributed by atoms with Crippen LogP contribution in [0.1, 0.15) is 19.8 Å². The number of pyridine rings is 1. The molecule has 2 fully saturated rings. The van der Waals surface area contributed by atoms with Gasteiger partial charge in [0.25, 0.3) is 5.56 Å². The molecule has 2 aliphatic heterocycles. The number of anilines is 2. The van der Waals surface area contributed by atoms with E-state index in [2.05, 4.69) is 25.4 Å². The van der Waals surface area contributed by atoms with E-state index in [-0.39, 0.29) is 23.1 Å². The van der Waals surface area contributed by atoms with Gasteiger partial charge in [0.1, 0.15) is 11.2 Å². The van der Waals surface area contributed by atoms with Gasteiger partial charge in [0.05, 0.1) is 18.4 Å². The van der Waals surface area contributed by atoms with E-state index < -0.39 is 0 Å². The van der Waals surface area contributed by atoms with Gasteiger partial charge in [0.15, 0.2) is 5.65 Å².